The molecule has 7 heteroatoms. The Bertz CT molecular complexity index is 983. The van der Waals surface area contributed by atoms with E-state index in [9.17, 15) is 4.39 Å². The molecule has 0 aliphatic rings. The number of allylic oxidation sites excluding steroid dienone is 1. The van der Waals surface area contributed by atoms with Crippen molar-refractivity contribution in [3.8, 4) is 0 Å². The maximum absolute atomic E-state index is 14.7. The van der Waals surface area contributed by atoms with E-state index in [-0.39, 0.29) is 12.4 Å². The smallest absolute Gasteiger partial charge is 0.150 e. The molecule has 0 fully saturated rings. The van der Waals surface area contributed by atoms with E-state index in [0.717, 1.165) is 0 Å². The molecule has 0 saturated heterocycles. The van der Waals surface area contributed by atoms with Gasteiger partial charge in [0, 0.05) is 48.7 Å². The topological polar surface area (TPSA) is 99.7 Å². The minimum Gasteiger partial charge on any atom is -0.396 e. The number of hydrogen-bond acceptors (Lipinski definition) is 6. The average Bonchev–Trinajstić information content (AvgIpc) is 2.67. The first-order valence-electron chi connectivity index (χ1n) is 8.05. The molecule has 0 atom stereocenters. The predicted molar refractivity (Wildman–Crippen MR) is 103 cm³/mol. The van der Waals surface area contributed by atoms with Crippen LogP contribution in [0, 0.1) is 11.2 Å². The lowest BCUT2D eigenvalue weighted by molar-refractivity contribution is 0.624. The Kier molecular flexibility index (Phi) is 5.07. The fourth-order valence-corrected chi connectivity index (χ4v) is 2.59. The van der Waals surface area contributed by atoms with Gasteiger partial charge in [-0.05, 0) is 30.3 Å². The Labute approximate surface area is 150 Å². The van der Waals surface area contributed by atoms with Crippen LogP contribution < -0.4 is 16.4 Å². The van der Waals surface area contributed by atoms with Crippen molar-refractivity contribution in [1.82, 2.24) is 15.3 Å². The van der Waals surface area contributed by atoms with E-state index in [1.165, 1.54) is 6.21 Å². The second-order valence-electron chi connectivity index (χ2n) is 5.63. The number of fused-ring (bicyclic) bond motifs is 1. The van der Waals surface area contributed by atoms with Crippen molar-refractivity contribution in [1.29, 1.82) is 5.41 Å². The number of aromatic nitrogens is 2. The van der Waals surface area contributed by atoms with E-state index in [1.54, 1.807) is 55.8 Å². The van der Waals surface area contributed by atoms with Crippen LogP contribution in [0.4, 0.5) is 15.9 Å². The van der Waals surface area contributed by atoms with Gasteiger partial charge in [0.05, 0.1) is 16.9 Å². The monoisotopic (exact) mass is 350 g/mol. The molecule has 0 radical (unpaired) electrons. The van der Waals surface area contributed by atoms with Gasteiger partial charge < -0.3 is 21.8 Å². The Balaban J connectivity index is 1.87. The van der Waals surface area contributed by atoms with Crippen LogP contribution in [-0.2, 0) is 6.54 Å². The summed E-state index contributed by atoms with van der Waals surface area (Å²) in [5, 5.41) is 13.9. The molecule has 2 heterocycles. The Morgan fingerprint density at radius 2 is 2.12 bits per heavy atom. The number of nitrogen functional groups attached to an aromatic ring is 1. The van der Waals surface area contributed by atoms with Crippen molar-refractivity contribution >= 4 is 34.2 Å². The van der Waals surface area contributed by atoms with Crippen LogP contribution in [0.2, 0.25) is 0 Å². The minimum atomic E-state index is -0.312. The maximum Gasteiger partial charge on any atom is 0.150 e. The van der Waals surface area contributed by atoms with Crippen LogP contribution >= 0.6 is 0 Å². The summed E-state index contributed by atoms with van der Waals surface area (Å²) in [6.07, 6.45) is 4.51. The van der Waals surface area contributed by atoms with Crippen LogP contribution in [0.3, 0.4) is 0 Å². The van der Waals surface area contributed by atoms with Crippen LogP contribution in [0.15, 0.2) is 48.8 Å². The SMILES string of the molecule is CN/C=C(\C=N)c1ccc(N)c(NCc2ccc3ncccc3c2F)n1. The van der Waals surface area contributed by atoms with E-state index < -0.39 is 0 Å². The molecule has 3 aromatic rings. The third-order valence-electron chi connectivity index (χ3n) is 3.92. The Hall–Kier alpha value is -3.48. The normalized spacial score (nSPS) is 11.4. The highest BCUT2D eigenvalue weighted by molar-refractivity contribution is 6.07. The summed E-state index contributed by atoms with van der Waals surface area (Å²) in [6.45, 7) is 0.229. The zero-order chi connectivity index (χ0) is 18.5. The van der Waals surface area contributed by atoms with E-state index in [2.05, 4.69) is 20.6 Å². The molecule has 0 aliphatic heterocycles. The van der Waals surface area contributed by atoms with Crippen LogP contribution in [-0.4, -0.2) is 23.2 Å². The quantitative estimate of drug-likeness (QED) is 0.512. The molecule has 6 nitrogen and oxygen atoms in total. The summed E-state index contributed by atoms with van der Waals surface area (Å²) in [6, 6.07) is 10.3. The summed E-state index contributed by atoms with van der Waals surface area (Å²) in [4.78, 5) is 8.59. The highest BCUT2D eigenvalue weighted by Crippen LogP contribution is 2.23. The van der Waals surface area contributed by atoms with E-state index in [1.807, 2.05) is 0 Å². The van der Waals surface area contributed by atoms with Gasteiger partial charge in [-0.1, -0.05) is 6.07 Å². The average molecular weight is 350 g/mol. The number of nitrogens with one attached hydrogen (secondary N) is 3. The fourth-order valence-electron chi connectivity index (χ4n) is 2.59. The summed E-state index contributed by atoms with van der Waals surface area (Å²) in [7, 11) is 1.75. The number of rotatable bonds is 6. The van der Waals surface area contributed by atoms with Crippen LogP contribution in [0.25, 0.3) is 16.5 Å². The molecule has 0 saturated carbocycles. The van der Waals surface area contributed by atoms with Crippen LogP contribution in [0.1, 0.15) is 11.3 Å². The molecule has 3 rings (SSSR count). The van der Waals surface area contributed by atoms with Crippen molar-refractivity contribution in [3.63, 3.8) is 0 Å². The molecular formula is C19H19FN6. The molecule has 26 heavy (non-hydrogen) atoms. The molecule has 5 N–H and O–H groups in total. The zero-order valence-electron chi connectivity index (χ0n) is 14.3. The fraction of sp³-hybridized carbons (Fsp3) is 0.105. The summed E-state index contributed by atoms with van der Waals surface area (Å²) < 4.78 is 14.7. The number of hydrogen-bond donors (Lipinski definition) is 4. The second-order valence-corrected chi connectivity index (χ2v) is 5.63. The third-order valence-corrected chi connectivity index (χ3v) is 3.92. The Morgan fingerprint density at radius 1 is 1.27 bits per heavy atom. The lowest BCUT2D eigenvalue weighted by Crippen LogP contribution is -2.08. The lowest BCUT2D eigenvalue weighted by atomic mass is 10.1. The van der Waals surface area contributed by atoms with Gasteiger partial charge >= 0.3 is 0 Å². The number of pyridine rings is 2. The molecule has 0 amide bonds. The van der Waals surface area contributed by atoms with Gasteiger partial charge in [0.1, 0.15) is 11.6 Å². The molecule has 0 spiro atoms. The number of nitrogens with two attached hydrogens (primary N) is 1. The first-order valence-corrected chi connectivity index (χ1v) is 8.05. The molecule has 0 unspecified atom stereocenters. The maximum atomic E-state index is 14.7. The van der Waals surface area contributed by atoms with Crippen molar-refractivity contribution in [3.05, 3.63) is 65.9 Å². The van der Waals surface area contributed by atoms with Crippen molar-refractivity contribution in [2.75, 3.05) is 18.1 Å². The van der Waals surface area contributed by atoms with Gasteiger partial charge in [-0.15, -0.1) is 0 Å². The zero-order valence-corrected chi connectivity index (χ0v) is 14.3. The van der Waals surface area contributed by atoms with Crippen molar-refractivity contribution < 1.29 is 4.39 Å². The number of anilines is 2. The van der Waals surface area contributed by atoms with Gasteiger partial charge in [0.15, 0.2) is 0 Å². The Morgan fingerprint density at radius 3 is 2.88 bits per heavy atom. The summed E-state index contributed by atoms with van der Waals surface area (Å²) >= 11 is 0. The molecule has 1 aromatic carbocycles. The first kappa shape index (κ1) is 17.3. The predicted octanol–water partition coefficient (Wildman–Crippen LogP) is 3.17. The van der Waals surface area contributed by atoms with Crippen LogP contribution in [0.5, 0.6) is 0 Å². The highest BCUT2D eigenvalue weighted by Gasteiger charge is 2.10. The molecule has 0 bridgehead atoms. The first-order chi connectivity index (χ1) is 12.6. The second kappa shape index (κ2) is 7.60. The number of halogens is 1. The third kappa shape index (κ3) is 3.46. The van der Waals surface area contributed by atoms with Gasteiger partial charge in [0.2, 0.25) is 0 Å². The summed E-state index contributed by atoms with van der Waals surface area (Å²) in [5.41, 5.74) is 8.74. The molecular weight excluding hydrogens is 331 g/mol. The summed E-state index contributed by atoms with van der Waals surface area (Å²) in [5.74, 6) is 0.130. The number of nitrogens with zero attached hydrogens (tertiary/aromatic N) is 2. The van der Waals surface area contributed by atoms with E-state index in [4.69, 9.17) is 11.1 Å². The minimum absolute atomic E-state index is 0.229. The van der Waals surface area contributed by atoms with E-state index >= 15 is 0 Å². The molecule has 2 aromatic heterocycles. The van der Waals surface area contributed by atoms with Gasteiger partial charge in [-0.25, -0.2) is 9.37 Å². The van der Waals surface area contributed by atoms with Gasteiger partial charge in [0.25, 0.3) is 0 Å². The van der Waals surface area contributed by atoms with Gasteiger partial charge in [-0.3, -0.25) is 4.98 Å². The highest BCUT2D eigenvalue weighted by atomic mass is 19.1. The molecule has 132 valence electrons. The largest absolute Gasteiger partial charge is 0.396 e. The van der Waals surface area contributed by atoms with Crippen molar-refractivity contribution in [2.45, 2.75) is 6.54 Å². The standard InChI is InChI=1S/C19H19FN6/c1-23-10-13(9-21)16-7-5-15(22)19(26-16)25-11-12-4-6-17-14(18(12)20)3-2-8-24-17/h2-10,21,23H,11,22H2,1H3,(H,25,26)/b13-10+,21-9?. The molecule has 0 aliphatic carbocycles. The van der Waals surface area contributed by atoms with Crippen molar-refractivity contribution in [2.24, 2.45) is 0 Å². The van der Waals surface area contributed by atoms with E-state index in [0.29, 0.717) is 39.2 Å². The van der Waals surface area contributed by atoms with Gasteiger partial charge in [-0.2, -0.15) is 0 Å². The number of benzene rings is 1. The lowest BCUT2D eigenvalue weighted by Gasteiger charge is -2.12.